The molecule has 7 nitrogen and oxygen atoms in total. The maximum Gasteiger partial charge on any atom is 0.435 e. The van der Waals surface area contributed by atoms with E-state index >= 15 is 0 Å². The predicted octanol–water partition coefficient (Wildman–Crippen LogP) is 3.24. The highest BCUT2D eigenvalue weighted by Crippen LogP contribution is 2.27. The first kappa shape index (κ1) is 20.7. The lowest BCUT2D eigenvalue weighted by molar-refractivity contribution is -0.141. The van der Waals surface area contributed by atoms with Crippen LogP contribution in [0, 0.1) is 0 Å². The zero-order valence-electron chi connectivity index (χ0n) is 15.8. The largest absolute Gasteiger partial charge is 0.450 e. The van der Waals surface area contributed by atoms with Crippen LogP contribution in [-0.2, 0) is 10.9 Å². The van der Waals surface area contributed by atoms with Crippen LogP contribution in [0.2, 0.25) is 0 Å². The number of aromatic nitrogens is 2. The molecule has 0 radical (unpaired) electrons. The van der Waals surface area contributed by atoms with Gasteiger partial charge < -0.3 is 15.0 Å². The number of nitrogens with one attached hydrogen (secondary N) is 1. The minimum absolute atomic E-state index is 0.0617. The minimum Gasteiger partial charge on any atom is -0.450 e. The highest BCUT2D eigenvalue weighted by molar-refractivity contribution is 5.94. The smallest absolute Gasteiger partial charge is 0.435 e. The van der Waals surface area contributed by atoms with E-state index in [0.29, 0.717) is 43.8 Å². The molecule has 1 fully saturated rings. The van der Waals surface area contributed by atoms with Crippen molar-refractivity contribution in [2.24, 2.45) is 0 Å². The molecule has 2 heterocycles. The normalized spacial score (nSPS) is 15.2. The van der Waals surface area contributed by atoms with Crippen LogP contribution in [0.5, 0.6) is 0 Å². The lowest BCUT2D eigenvalue weighted by Gasteiger charge is -2.31. The molecule has 29 heavy (non-hydrogen) atoms. The Balaban J connectivity index is 1.56. The Labute approximate surface area is 165 Å². The summed E-state index contributed by atoms with van der Waals surface area (Å²) >= 11 is 0. The number of hydrogen-bond acceptors (Lipinski definition) is 4. The topological polar surface area (TPSA) is 76.5 Å². The molecule has 156 valence electrons. The second-order valence-corrected chi connectivity index (χ2v) is 6.62. The molecule has 1 aliphatic rings. The molecule has 0 bridgehead atoms. The fourth-order valence-corrected chi connectivity index (χ4v) is 3.07. The average Bonchev–Trinajstić information content (AvgIpc) is 3.19. The molecule has 0 aliphatic carbocycles. The number of rotatable bonds is 4. The van der Waals surface area contributed by atoms with E-state index < -0.39 is 11.9 Å². The summed E-state index contributed by atoms with van der Waals surface area (Å²) in [6.45, 7) is 3.08. The van der Waals surface area contributed by atoms with Gasteiger partial charge in [-0.15, -0.1) is 0 Å². The summed E-state index contributed by atoms with van der Waals surface area (Å²) in [6.07, 6.45) is -2.39. The molecule has 10 heteroatoms. The third-order valence-corrected chi connectivity index (χ3v) is 4.63. The molecule has 2 aromatic rings. The number of carbonyl (C=O) groups excluding carboxylic acids is 2. The van der Waals surface area contributed by atoms with Crippen molar-refractivity contribution in [2.45, 2.75) is 32.0 Å². The number of hydrogen-bond donors (Lipinski definition) is 1. The fourth-order valence-electron chi connectivity index (χ4n) is 3.07. The molecule has 1 saturated heterocycles. The van der Waals surface area contributed by atoms with E-state index in [4.69, 9.17) is 4.74 Å². The molecule has 3 rings (SSSR count). The van der Waals surface area contributed by atoms with E-state index in [2.05, 4.69) is 10.4 Å². The molecule has 2 amide bonds. The Morgan fingerprint density at radius 1 is 1.17 bits per heavy atom. The third-order valence-electron chi connectivity index (χ3n) is 4.63. The van der Waals surface area contributed by atoms with Gasteiger partial charge in [0.1, 0.15) is 0 Å². The summed E-state index contributed by atoms with van der Waals surface area (Å²) in [5.74, 6) is -0.275. The quantitative estimate of drug-likeness (QED) is 0.840. The van der Waals surface area contributed by atoms with E-state index in [0.717, 1.165) is 10.7 Å². The van der Waals surface area contributed by atoms with Gasteiger partial charge in [-0.3, -0.25) is 4.79 Å². The molecular weight excluding hydrogens is 389 g/mol. The minimum atomic E-state index is -4.51. The molecule has 1 aromatic heterocycles. The van der Waals surface area contributed by atoms with E-state index in [1.807, 2.05) is 0 Å². The van der Waals surface area contributed by atoms with Gasteiger partial charge in [-0.1, -0.05) is 0 Å². The van der Waals surface area contributed by atoms with E-state index in [1.165, 1.54) is 30.5 Å². The predicted molar refractivity (Wildman–Crippen MR) is 97.6 cm³/mol. The number of likely N-dealkylation sites (tertiary alicyclic amines) is 1. The second kappa shape index (κ2) is 8.54. The summed E-state index contributed by atoms with van der Waals surface area (Å²) in [5, 5.41) is 6.42. The highest BCUT2D eigenvalue weighted by atomic mass is 19.4. The number of piperidine rings is 1. The van der Waals surface area contributed by atoms with Crippen molar-refractivity contribution in [3.8, 4) is 5.69 Å². The lowest BCUT2D eigenvalue weighted by Crippen LogP contribution is -2.46. The van der Waals surface area contributed by atoms with Gasteiger partial charge in [-0.25, -0.2) is 9.48 Å². The van der Waals surface area contributed by atoms with Gasteiger partial charge in [0.25, 0.3) is 5.91 Å². The first-order valence-corrected chi connectivity index (χ1v) is 9.24. The average molecular weight is 410 g/mol. The first-order chi connectivity index (χ1) is 13.8. The summed E-state index contributed by atoms with van der Waals surface area (Å²) in [5.41, 5.74) is -0.168. The van der Waals surface area contributed by atoms with Crippen LogP contribution in [0.3, 0.4) is 0 Å². The number of benzene rings is 1. The first-order valence-electron chi connectivity index (χ1n) is 9.24. The molecule has 0 atom stereocenters. The van der Waals surface area contributed by atoms with E-state index in [1.54, 1.807) is 11.8 Å². The van der Waals surface area contributed by atoms with Crippen molar-refractivity contribution in [1.82, 2.24) is 20.0 Å². The number of amides is 2. The summed E-state index contributed by atoms with van der Waals surface area (Å²) in [4.78, 5) is 25.7. The molecule has 0 saturated carbocycles. The van der Waals surface area contributed by atoms with E-state index in [9.17, 15) is 22.8 Å². The molecule has 1 aromatic carbocycles. The molecule has 1 aliphatic heterocycles. The van der Waals surface area contributed by atoms with Crippen LogP contribution in [0.15, 0.2) is 36.5 Å². The molecular formula is C19H21F3N4O3. The van der Waals surface area contributed by atoms with Crippen molar-refractivity contribution < 1.29 is 27.5 Å². The Kier molecular flexibility index (Phi) is 6.09. The van der Waals surface area contributed by atoms with E-state index in [-0.39, 0.29) is 18.0 Å². The maximum absolute atomic E-state index is 12.7. The van der Waals surface area contributed by atoms with Crippen LogP contribution in [0.25, 0.3) is 5.69 Å². The van der Waals surface area contributed by atoms with Crippen molar-refractivity contribution in [1.29, 1.82) is 0 Å². The van der Waals surface area contributed by atoms with Crippen LogP contribution in [0.4, 0.5) is 18.0 Å². The van der Waals surface area contributed by atoms with Crippen molar-refractivity contribution >= 4 is 12.0 Å². The van der Waals surface area contributed by atoms with Crippen molar-refractivity contribution in [3.05, 3.63) is 47.8 Å². The fraction of sp³-hybridized carbons (Fsp3) is 0.421. The van der Waals surface area contributed by atoms with Crippen molar-refractivity contribution in [2.75, 3.05) is 19.7 Å². The Morgan fingerprint density at radius 3 is 2.38 bits per heavy atom. The lowest BCUT2D eigenvalue weighted by atomic mass is 10.0. The van der Waals surface area contributed by atoms with Crippen LogP contribution in [0.1, 0.15) is 35.8 Å². The summed E-state index contributed by atoms with van der Waals surface area (Å²) in [6, 6.07) is 6.97. The Bertz CT molecular complexity index is 856. The van der Waals surface area contributed by atoms with Crippen molar-refractivity contribution in [3.63, 3.8) is 0 Å². The van der Waals surface area contributed by atoms with Crippen LogP contribution < -0.4 is 5.32 Å². The van der Waals surface area contributed by atoms with Gasteiger partial charge in [0.15, 0.2) is 5.69 Å². The molecule has 0 spiro atoms. The number of ether oxygens (including phenoxy) is 1. The van der Waals surface area contributed by atoms with Gasteiger partial charge >= 0.3 is 12.3 Å². The molecule has 0 unspecified atom stereocenters. The number of carbonyl (C=O) groups is 2. The number of nitrogens with zero attached hydrogens (tertiary/aromatic N) is 3. The van der Waals surface area contributed by atoms with Gasteiger partial charge in [-0.2, -0.15) is 18.3 Å². The molecule has 1 N–H and O–H groups in total. The Hall–Kier alpha value is -3.04. The van der Waals surface area contributed by atoms with Gasteiger partial charge in [0, 0.05) is 30.9 Å². The monoisotopic (exact) mass is 410 g/mol. The van der Waals surface area contributed by atoms with Gasteiger partial charge in [-0.05, 0) is 50.1 Å². The number of halogens is 3. The van der Waals surface area contributed by atoms with Crippen LogP contribution in [-0.4, -0.2) is 52.4 Å². The van der Waals surface area contributed by atoms with Crippen LogP contribution >= 0.6 is 0 Å². The maximum atomic E-state index is 12.7. The summed E-state index contributed by atoms with van der Waals surface area (Å²) in [7, 11) is 0. The second-order valence-electron chi connectivity index (χ2n) is 6.62. The zero-order valence-corrected chi connectivity index (χ0v) is 15.8. The van der Waals surface area contributed by atoms with Gasteiger partial charge in [0.05, 0.1) is 12.3 Å². The summed E-state index contributed by atoms with van der Waals surface area (Å²) < 4.78 is 44.0. The van der Waals surface area contributed by atoms with Gasteiger partial charge in [0.2, 0.25) is 0 Å². The number of alkyl halides is 3. The SMILES string of the molecule is CCOC(=O)N1CCC(NC(=O)c2ccc(-n3ccc(C(F)(F)F)n3)cc2)CC1. The highest BCUT2D eigenvalue weighted by Gasteiger charge is 2.33. The standard InChI is InChI=1S/C19H21F3N4O3/c1-2-29-18(28)25-10-7-14(8-11-25)23-17(27)13-3-5-15(6-4-13)26-12-9-16(24-26)19(20,21)22/h3-6,9,12,14H,2,7-8,10-11H2,1H3,(H,23,27). The Morgan fingerprint density at radius 2 is 1.83 bits per heavy atom. The zero-order chi connectivity index (χ0) is 21.0. The third kappa shape index (κ3) is 5.07.